The monoisotopic (exact) mass is 432 g/mol. The number of nitrogens with one attached hydrogen (secondary N) is 1. The summed E-state index contributed by atoms with van der Waals surface area (Å²) in [5.74, 6) is 0.346. The van der Waals surface area contributed by atoms with Gasteiger partial charge in [-0.3, -0.25) is 9.03 Å². The third-order valence-corrected chi connectivity index (χ3v) is 8.15. The van der Waals surface area contributed by atoms with Gasteiger partial charge in [0, 0.05) is 18.0 Å². The highest BCUT2D eigenvalue weighted by molar-refractivity contribution is 7.93. The molecule has 4 rings (SSSR count). The van der Waals surface area contributed by atoms with Gasteiger partial charge in [0.05, 0.1) is 29.1 Å². The van der Waals surface area contributed by atoms with Gasteiger partial charge >= 0.3 is 0 Å². The zero-order valence-corrected chi connectivity index (χ0v) is 17.3. The Bertz CT molecular complexity index is 1280. The quantitative estimate of drug-likeness (QED) is 0.668. The highest BCUT2D eigenvalue weighted by atomic mass is 32.2. The second-order valence-electron chi connectivity index (χ2n) is 6.71. The van der Waals surface area contributed by atoms with Gasteiger partial charge in [-0.05, 0) is 30.0 Å². The van der Waals surface area contributed by atoms with Crippen molar-refractivity contribution in [3.05, 3.63) is 60.7 Å². The standard InChI is InChI=1S/C20H20N2O5S2/c1-27-19-14-16(22-12-5-13-28(22,23)24)10-11-18(19)21-29(25,26)20-9-4-7-15-6-2-3-8-17(15)20/h2-4,6-11,14,21H,5,12-13H2,1H3. The van der Waals surface area contributed by atoms with Crippen molar-refractivity contribution >= 4 is 42.2 Å². The predicted molar refractivity (Wildman–Crippen MR) is 114 cm³/mol. The number of hydrogen-bond donors (Lipinski definition) is 1. The van der Waals surface area contributed by atoms with Crippen molar-refractivity contribution in [2.24, 2.45) is 0 Å². The van der Waals surface area contributed by atoms with E-state index in [1.54, 1.807) is 30.3 Å². The van der Waals surface area contributed by atoms with Crippen molar-refractivity contribution in [1.29, 1.82) is 0 Å². The number of rotatable bonds is 5. The molecule has 0 radical (unpaired) electrons. The molecule has 0 spiro atoms. The topological polar surface area (TPSA) is 92.8 Å². The van der Waals surface area contributed by atoms with Gasteiger partial charge in [-0.25, -0.2) is 16.8 Å². The van der Waals surface area contributed by atoms with Gasteiger partial charge < -0.3 is 4.74 Å². The van der Waals surface area contributed by atoms with E-state index < -0.39 is 20.0 Å². The lowest BCUT2D eigenvalue weighted by molar-refractivity contribution is 0.417. The van der Waals surface area contributed by atoms with Crippen molar-refractivity contribution in [2.75, 3.05) is 28.4 Å². The third kappa shape index (κ3) is 3.63. The Morgan fingerprint density at radius 1 is 1.03 bits per heavy atom. The van der Waals surface area contributed by atoms with Crippen LogP contribution in [0.4, 0.5) is 11.4 Å². The number of sulfonamides is 2. The molecular formula is C20H20N2O5S2. The van der Waals surface area contributed by atoms with E-state index in [2.05, 4.69) is 4.72 Å². The van der Waals surface area contributed by atoms with E-state index in [1.165, 1.54) is 23.5 Å². The van der Waals surface area contributed by atoms with Crippen LogP contribution in [-0.2, 0) is 20.0 Å². The van der Waals surface area contributed by atoms with Gasteiger partial charge in [0.15, 0.2) is 0 Å². The summed E-state index contributed by atoms with van der Waals surface area (Å²) in [5.41, 5.74) is 0.688. The fraction of sp³-hybridized carbons (Fsp3) is 0.200. The summed E-state index contributed by atoms with van der Waals surface area (Å²) in [7, 11) is -5.82. The fourth-order valence-corrected chi connectivity index (χ4v) is 6.34. The van der Waals surface area contributed by atoms with Crippen molar-refractivity contribution in [3.63, 3.8) is 0 Å². The van der Waals surface area contributed by atoms with E-state index in [1.807, 2.05) is 18.2 Å². The molecule has 0 bridgehead atoms. The Morgan fingerprint density at radius 2 is 1.79 bits per heavy atom. The molecule has 1 heterocycles. The number of benzene rings is 3. The molecule has 0 aliphatic carbocycles. The number of fused-ring (bicyclic) bond motifs is 1. The van der Waals surface area contributed by atoms with Gasteiger partial charge in [0.2, 0.25) is 10.0 Å². The van der Waals surface area contributed by atoms with Gasteiger partial charge in [0.1, 0.15) is 5.75 Å². The highest BCUT2D eigenvalue weighted by Gasteiger charge is 2.29. The van der Waals surface area contributed by atoms with E-state index in [4.69, 9.17) is 4.74 Å². The lowest BCUT2D eigenvalue weighted by atomic mass is 10.1. The van der Waals surface area contributed by atoms with E-state index >= 15 is 0 Å². The number of ether oxygens (including phenoxy) is 1. The molecule has 29 heavy (non-hydrogen) atoms. The molecule has 0 amide bonds. The third-order valence-electron chi connectivity index (χ3n) is 4.86. The Labute approximate surface area is 170 Å². The van der Waals surface area contributed by atoms with Crippen LogP contribution in [-0.4, -0.2) is 36.2 Å². The van der Waals surface area contributed by atoms with Crippen molar-refractivity contribution in [3.8, 4) is 5.75 Å². The second-order valence-corrected chi connectivity index (χ2v) is 10.4. The van der Waals surface area contributed by atoms with Crippen LogP contribution in [0.25, 0.3) is 10.8 Å². The number of methoxy groups -OCH3 is 1. The van der Waals surface area contributed by atoms with Gasteiger partial charge in [-0.1, -0.05) is 36.4 Å². The van der Waals surface area contributed by atoms with E-state index in [-0.39, 0.29) is 22.1 Å². The first-order chi connectivity index (χ1) is 13.8. The molecule has 0 saturated carbocycles. The normalized spacial score (nSPS) is 16.1. The van der Waals surface area contributed by atoms with Crippen molar-refractivity contribution < 1.29 is 21.6 Å². The summed E-state index contributed by atoms with van der Waals surface area (Å²) in [5, 5.41) is 1.43. The minimum absolute atomic E-state index is 0.102. The molecule has 1 aliphatic heterocycles. The van der Waals surface area contributed by atoms with Crippen LogP contribution in [0.15, 0.2) is 65.6 Å². The maximum Gasteiger partial charge on any atom is 0.262 e. The predicted octanol–water partition coefficient (Wildman–Crippen LogP) is 3.19. The molecule has 9 heteroatoms. The Balaban J connectivity index is 1.72. The Morgan fingerprint density at radius 3 is 2.52 bits per heavy atom. The molecule has 152 valence electrons. The maximum atomic E-state index is 13.1. The summed E-state index contributed by atoms with van der Waals surface area (Å²) in [6.07, 6.45) is 0.556. The van der Waals surface area contributed by atoms with E-state index in [0.29, 0.717) is 24.0 Å². The number of anilines is 2. The minimum Gasteiger partial charge on any atom is -0.494 e. The first-order valence-corrected chi connectivity index (χ1v) is 12.1. The summed E-state index contributed by atoms with van der Waals surface area (Å²) in [6.45, 7) is 0.395. The van der Waals surface area contributed by atoms with Gasteiger partial charge in [-0.15, -0.1) is 0 Å². The summed E-state index contributed by atoms with van der Waals surface area (Å²) in [4.78, 5) is 0.156. The molecule has 1 fully saturated rings. The van der Waals surface area contributed by atoms with E-state index in [9.17, 15) is 16.8 Å². The lowest BCUT2D eigenvalue weighted by Gasteiger charge is -2.19. The van der Waals surface area contributed by atoms with Crippen LogP contribution < -0.4 is 13.8 Å². The smallest absolute Gasteiger partial charge is 0.262 e. The largest absolute Gasteiger partial charge is 0.494 e. The zero-order valence-electron chi connectivity index (χ0n) is 15.7. The SMILES string of the molecule is COc1cc(N2CCCS2(=O)=O)ccc1NS(=O)(=O)c1cccc2ccccc12. The zero-order chi connectivity index (χ0) is 20.6. The second kappa shape index (κ2) is 7.23. The number of hydrogen-bond acceptors (Lipinski definition) is 5. The highest BCUT2D eigenvalue weighted by Crippen LogP contribution is 2.34. The molecule has 7 nitrogen and oxygen atoms in total. The van der Waals surface area contributed by atoms with Crippen LogP contribution in [0, 0.1) is 0 Å². The molecule has 0 atom stereocenters. The molecule has 0 unspecified atom stereocenters. The summed E-state index contributed by atoms with van der Waals surface area (Å²) >= 11 is 0. The average molecular weight is 433 g/mol. The van der Waals surface area contributed by atoms with Crippen LogP contribution in [0.2, 0.25) is 0 Å². The number of nitrogens with zero attached hydrogens (tertiary/aromatic N) is 1. The summed E-state index contributed by atoms with van der Waals surface area (Å²) in [6, 6.07) is 16.9. The van der Waals surface area contributed by atoms with Crippen LogP contribution in [0.5, 0.6) is 5.75 Å². The molecular weight excluding hydrogens is 412 g/mol. The maximum absolute atomic E-state index is 13.1. The first kappa shape index (κ1) is 19.5. The van der Waals surface area contributed by atoms with Crippen molar-refractivity contribution in [2.45, 2.75) is 11.3 Å². The van der Waals surface area contributed by atoms with Gasteiger partial charge in [0.25, 0.3) is 10.0 Å². The van der Waals surface area contributed by atoms with Crippen molar-refractivity contribution in [1.82, 2.24) is 0 Å². The molecule has 3 aromatic carbocycles. The minimum atomic E-state index is -3.89. The van der Waals surface area contributed by atoms with Gasteiger partial charge in [-0.2, -0.15) is 0 Å². The molecule has 1 aliphatic rings. The molecule has 3 aromatic rings. The van der Waals surface area contributed by atoms with Crippen LogP contribution >= 0.6 is 0 Å². The molecule has 0 aromatic heterocycles. The van der Waals surface area contributed by atoms with E-state index in [0.717, 1.165) is 5.39 Å². The van der Waals surface area contributed by atoms with Crippen LogP contribution in [0.1, 0.15) is 6.42 Å². The Kier molecular flexibility index (Phi) is 4.87. The average Bonchev–Trinajstić information content (AvgIpc) is 3.06. The lowest BCUT2D eigenvalue weighted by Crippen LogP contribution is -2.25. The molecule has 1 saturated heterocycles. The van der Waals surface area contributed by atoms with Crippen LogP contribution in [0.3, 0.4) is 0 Å². The fourth-order valence-electron chi connectivity index (χ4n) is 3.48. The first-order valence-electron chi connectivity index (χ1n) is 9.01. The summed E-state index contributed by atoms with van der Waals surface area (Å²) < 4.78 is 59.6. The molecule has 1 N–H and O–H groups in total. The Hall–Kier alpha value is -2.78.